The van der Waals surface area contributed by atoms with Gasteiger partial charge in [0.25, 0.3) is 0 Å². The lowest BCUT2D eigenvalue weighted by molar-refractivity contribution is 0.199. The first-order chi connectivity index (χ1) is 12.9. The lowest BCUT2D eigenvalue weighted by Gasteiger charge is -2.45. The molecule has 3 aliphatic rings. The number of nitrogens with one attached hydrogen (secondary N) is 1. The van der Waals surface area contributed by atoms with Crippen molar-refractivity contribution in [1.82, 2.24) is 9.55 Å². The van der Waals surface area contributed by atoms with E-state index in [1.54, 1.807) is 11.1 Å². The van der Waals surface area contributed by atoms with Gasteiger partial charge in [0, 0.05) is 5.92 Å². The van der Waals surface area contributed by atoms with E-state index in [4.69, 9.17) is 15.7 Å². The number of allylic oxidation sites excluding steroid dienone is 2. The number of benzene rings is 1. The summed E-state index contributed by atoms with van der Waals surface area (Å²) < 4.78 is 2.27. The Kier molecular flexibility index (Phi) is 3.65. The highest BCUT2D eigenvalue weighted by molar-refractivity contribution is 5.94. The largest absolute Gasteiger partial charge is 0.370 e. The third-order valence-corrected chi connectivity index (χ3v) is 7.02. The lowest BCUT2D eigenvalue weighted by Crippen LogP contribution is -2.38. The molecule has 27 heavy (non-hydrogen) atoms. The number of aromatic nitrogens is 2. The van der Waals surface area contributed by atoms with E-state index >= 15 is 0 Å². The first kappa shape index (κ1) is 16.8. The average molecular weight is 364 g/mol. The van der Waals surface area contributed by atoms with Crippen molar-refractivity contribution in [2.45, 2.75) is 59.0 Å². The van der Waals surface area contributed by atoms with Gasteiger partial charge in [0.2, 0.25) is 5.95 Å². The monoisotopic (exact) mass is 363 g/mol. The zero-order chi connectivity index (χ0) is 18.8. The number of imidazole rings is 1. The van der Waals surface area contributed by atoms with Gasteiger partial charge in [-0.1, -0.05) is 44.1 Å². The van der Waals surface area contributed by atoms with Crippen LogP contribution in [0.1, 0.15) is 59.0 Å². The quantitative estimate of drug-likeness (QED) is 0.713. The van der Waals surface area contributed by atoms with Crippen LogP contribution in [0.2, 0.25) is 0 Å². The zero-order valence-electron chi connectivity index (χ0n) is 16.5. The van der Waals surface area contributed by atoms with E-state index < -0.39 is 0 Å². The summed E-state index contributed by atoms with van der Waals surface area (Å²) in [5.74, 6) is 2.34. The van der Waals surface area contributed by atoms with E-state index in [-0.39, 0.29) is 6.17 Å². The maximum absolute atomic E-state index is 6.17. The van der Waals surface area contributed by atoms with Crippen LogP contribution in [-0.2, 0) is 0 Å². The van der Waals surface area contributed by atoms with Gasteiger partial charge in [-0.25, -0.2) is 9.98 Å². The highest BCUT2D eigenvalue weighted by Gasteiger charge is 2.41. The third kappa shape index (κ3) is 2.59. The van der Waals surface area contributed by atoms with Gasteiger partial charge in [-0.05, 0) is 55.6 Å². The van der Waals surface area contributed by atoms with Gasteiger partial charge in [-0.3, -0.25) is 9.88 Å². The van der Waals surface area contributed by atoms with E-state index in [0.29, 0.717) is 23.2 Å². The molecule has 2 aromatic rings. The molecule has 3 atom stereocenters. The number of guanidine groups is 1. The van der Waals surface area contributed by atoms with E-state index in [0.717, 1.165) is 23.4 Å². The minimum Gasteiger partial charge on any atom is -0.370 e. The predicted molar refractivity (Wildman–Crippen MR) is 111 cm³/mol. The number of hydrogen-bond acceptors (Lipinski definition) is 4. The summed E-state index contributed by atoms with van der Waals surface area (Å²) in [6.07, 6.45) is 6.24. The highest BCUT2D eigenvalue weighted by Crippen LogP contribution is 2.52. The second-order valence-corrected chi connectivity index (χ2v) is 9.22. The van der Waals surface area contributed by atoms with Gasteiger partial charge in [0.05, 0.1) is 11.0 Å². The predicted octanol–water partition coefficient (Wildman–Crippen LogP) is 4.83. The van der Waals surface area contributed by atoms with Crippen LogP contribution in [0.25, 0.3) is 11.0 Å². The molecule has 1 aliphatic heterocycles. The van der Waals surface area contributed by atoms with Gasteiger partial charge in [-0.15, -0.1) is 0 Å². The first-order valence-electron chi connectivity index (χ1n) is 10.2. The summed E-state index contributed by atoms with van der Waals surface area (Å²) in [6.45, 7) is 7.24. The summed E-state index contributed by atoms with van der Waals surface area (Å²) in [6, 6.07) is 8.31. The van der Waals surface area contributed by atoms with Crippen LogP contribution in [0.3, 0.4) is 0 Å². The Balaban J connectivity index is 1.60. The Hall–Kier alpha value is -2.30. The van der Waals surface area contributed by atoms with Crippen molar-refractivity contribution in [3.05, 3.63) is 35.4 Å². The maximum Gasteiger partial charge on any atom is 0.212 e. The fourth-order valence-corrected chi connectivity index (χ4v) is 5.58. The summed E-state index contributed by atoms with van der Waals surface area (Å²) in [4.78, 5) is 9.65. The van der Waals surface area contributed by atoms with Gasteiger partial charge in [-0.2, -0.15) is 0 Å². The molecule has 0 radical (unpaired) electrons. The molecule has 2 heterocycles. The standard InChI is InChI=1S/C22H29N5/c1-13-11-14-7-6-10-22(2,3)16(14)12-15(13)19-25-20(23)26-21-24-17-8-4-5-9-18(17)27(19)21/h4-5,8-9,13,15,19H,6-7,10-12H2,1-3H3,(H3,23,24,25,26)/t13-,15-,19+/m1/s1. The van der Waals surface area contributed by atoms with Crippen LogP contribution < -0.4 is 11.1 Å². The van der Waals surface area contributed by atoms with Crippen molar-refractivity contribution < 1.29 is 0 Å². The fraction of sp³-hybridized carbons (Fsp3) is 0.545. The normalized spacial score (nSPS) is 29.7. The molecule has 1 aromatic heterocycles. The summed E-state index contributed by atoms with van der Waals surface area (Å²) in [5.41, 5.74) is 12.0. The summed E-state index contributed by atoms with van der Waals surface area (Å²) in [7, 11) is 0. The van der Waals surface area contributed by atoms with Crippen molar-refractivity contribution in [2.24, 2.45) is 28.0 Å². The molecule has 2 aliphatic carbocycles. The highest BCUT2D eigenvalue weighted by atomic mass is 15.4. The average Bonchev–Trinajstić information content (AvgIpc) is 2.98. The Labute approximate surface area is 160 Å². The number of aliphatic imine (C=N–C) groups is 1. The maximum atomic E-state index is 6.17. The smallest absolute Gasteiger partial charge is 0.212 e. The van der Waals surface area contributed by atoms with Crippen molar-refractivity contribution in [3.63, 3.8) is 0 Å². The van der Waals surface area contributed by atoms with Crippen molar-refractivity contribution >= 4 is 22.9 Å². The Morgan fingerprint density at radius 1 is 1.22 bits per heavy atom. The molecule has 5 rings (SSSR count). The number of nitrogens with zero attached hydrogens (tertiary/aromatic N) is 3. The minimum atomic E-state index is 0.00965. The molecule has 0 saturated heterocycles. The van der Waals surface area contributed by atoms with E-state index in [1.165, 1.54) is 25.7 Å². The molecule has 5 nitrogen and oxygen atoms in total. The Bertz CT molecular complexity index is 964. The molecule has 3 N–H and O–H groups in total. The number of para-hydroxylation sites is 2. The number of fused-ring (bicyclic) bond motifs is 3. The fourth-order valence-electron chi connectivity index (χ4n) is 5.58. The van der Waals surface area contributed by atoms with E-state index in [1.807, 2.05) is 6.07 Å². The van der Waals surface area contributed by atoms with Crippen molar-refractivity contribution in [1.29, 1.82) is 0 Å². The number of rotatable bonds is 1. The van der Waals surface area contributed by atoms with Crippen LogP contribution in [0.5, 0.6) is 0 Å². The molecular formula is C22H29N5. The molecule has 0 saturated carbocycles. The van der Waals surface area contributed by atoms with Crippen LogP contribution in [0.4, 0.5) is 5.95 Å². The molecule has 0 fully saturated rings. The Morgan fingerprint density at radius 3 is 2.89 bits per heavy atom. The van der Waals surface area contributed by atoms with Gasteiger partial charge < -0.3 is 5.73 Å². The van der Waals surface area contributed by atoms with E-state index in [9.17, 15) is 0 Å². The second kappa shape index (κ2) is 5.85. The summed E-state index contributed by atoms with van der Waals surface area (Å²) in [5, 5.41) is 3.17. The molecular weight excluding hydrogens is 334 g/mol. The van der Waals surface area contributed by atoms with Gasteiger partial charge >= 0.3 is 0 Å². The second-order valence-electron chi connectivity index (χ2n) is 9.22. The third-order valence-electron chi connectivity index (χ3n) is 7.02. The van der Waals surface area contributed by atoms with Crippen LogP contribution in [0.15, 0.2) is 40.4 Å². The van der Waals surface area contributed by atoms with Crippen LogP contribution in [0, 0.1) is 17.3 Å². The molecule has 0 unspecified atom stereocenters. The first-order valence-corrected chi connectivity index (χ1v) is 10.2. The topological polar surface area (TPSA) is 68.2 Å². The zero-order valence-corrected chi connectivity index (χ0v) is 16.5. The number of anilines is 1. The van der Waals surface area contributed by atoms with Gasteiger partial charge in [0.1, 0.15) is 6.17 Å². The molecule has 0 spiro atoms. The molecule has 0 amide bonds. The van der Waals surface area contributed by atoms with Gasteiger partial charge in [0.15, 0.2) is 5.96 Å². The minimum absolute atomic E-state index is 0.00965. The molecule has 5 heteroatoms. The molecule has 142 valence electrons. The Morgan fingerprint density at radius 2 is 2.04 bits per heavy atom. The molecule has 0 bridgehead atoms. The number of nitrogens with two attached hydrogens (primary N) is 1. The summed E-state index contributed by atoms with van der Waals surface area (Å²) >= 11 is 0. The van der Waals surface area contributed by atoms with Crippen LogP contribution >= 0.6 is 0 Å². The number of hydrogen-bond donors (Lipinski definition) is 2. The SMILES string of the molecule is C[C@@H]1CC2=C(C[C@H]1[C@H]1N=C(N)Nc3nc4ccccc4n31)C(C)(C)CCC2. The lowest BCUT2D eigenvalue weighted by atomic mass is 9.63. The van der Waals surface area contributed by atoms with Crippen LogP contribution in [-0.4, -0.2) is 15.5 Å². The van der Waals surface area contributed by atoms with Crippen molar-refractivity contribution in [3.8, 4) is 0 Å². The molecule has 1 aromatic carbocycles. The van der Waals surface area contributed by atoms with Crippen molar-refractivity contribution in [2.75, 3.05) is 5.32 Å². The van der Waals surface area contributed by atoms with E-state index in [2.05, 4.69) is 48.9 Å².